The molecule has 4 heteroatoms. The van der Waals surface area contributed by atoms with Gasteiger partial charge in [-0.3, -0.25) is 4.57 Å². The van der Waals surface area contributed by atoms with Crippen molar-refractivity contribution in [3.05, 3.63) is 211 Å². The molecule has 0 aliphatic heterocycles. The van der Waals surface area contributed by atoms with Crippen molar-refractivity contribution in [2.24, 2.45) is 0 Å². The Labute approximate surface area is 384 Å². The van der Waals surface area contributed by atoms with Gasteiger partial charge >= 0.3 is 0 Å². The maximum Gasteiger partial charge on any atom is 0.235 e. The van der Waals surface area contributed by atoms with Crippen molar-refractivity contribution in [1.82, 2.24) is 14.5 Å². The Kier molecular flexibility index (Phi) is 9.32. The number of fused-ring (bicyclic) bond motifs is 10. The molecule has 0 saturated heterocycles. The summed E-state index contributed by atoms with van der Waals surface area (Å²) < 4.78 is 8.84. The van der Waals surface area contributed by atoms with Crippen LogP contribution in [0.15, 0.2) is 205 Å². The lowest BCUT2D eigenvalue weighted by Crippen LogP contribution is -2.14. The Bertz CT molecular complexity index is 3850. The molecular weight excluding hydrogens is 803 g/mol. The predicted molar refractivity (Wildman–Crippen MR) is 276 cm³/mol. The summed E-state index contributed by atoms with van der Waals surface area (Å²) in [5.41, 5.74) is 18.8. The maximum atomic E-state index is 6.56. The zero-order valence-corrected chi connectivity index (χ0v) is 37.5. The molecule has 0 amide bonds. The van der Waals surface area contributed by atoms with Crippen molar-refractivity contribution in [3.63, 3.8) is 0 Å². The molecule has 4 nitrogen and oxygen atoms in total. The van der Waals surface area contributed by atoms with E-state index in [9.17, 15) is 0 Å². The predicted octanol–water partition coefficient (Wildman–Crippen LogP) is 17.0. The second-order valence-electron chi connectivity index (χ2n) is 18.0. The van der Waals surface area contributed by atoms with Gasteiger partial charge in [0.15, 0.2) is 0 Å². The van der Waals surface area contributed by atoms with Crippen LogP contribution in [0.5, 0.6) is 0 Å². The standard InChI is InChI=1S/C59H39N3O.C3H8/c1-59(2)50-26-9-6-19-43(50)44-31-29-38(35-51(44)59)37-17-12-18-39(33-37)41-22-13-24-46-49-34-40(42-23-14-25-47-45-20-8-11-28-54(45)63-57(42)47)30-32-53(49)62(56(41)46)58-60-52-27-10-7-21-48(52)55(61-58)36-15-4-3-5-16-36;1-3-2/h3-35H,1-2H3;3H2,1-2H3. The first-order valence-electron chi connectivity index (χ1n) is 23.1. The SMILES string of the molecule is CC1(C)c2ccccc2-c2ccc(-c3cccc(-c4cccc5c6cc(-c7cccc8c7oc7ccccc78)ccc6n(-c6nc(-c7ccccc7)c7ccccc7n6)c45)c3)cc21.CCC. The summed E-state index contributed by atoms with van der Waals surface area (Å²) in [5, 5.41) is 5.49. The highest BCUT2D eigenvalue weighted by Gasteiger charge is 2.35. The molecule has 13 rings (SSSR count). The van der Waals surface area contributed by atoms with E-state index in [0.717, 1.165) is 88.2 Å². The van der Waals surface area contributed by atoms with Gasteiger partial charge < -0.3 is 4.42 Å². The van der Waals surface area contributed by atoms with E-state index in [1.54, 1.807) is 0 Å². The smallest absolute Gasteiger partial charge is 0.235 e. The maximum absolute atomic E-state index is 6.56. The molecule has 9 aromatic carbocycles. The number of para-hydroxylation sites is 4. The zero-order valence-electron chi connectivity index (χ0n) is 37.5. The molecule has 12 aromatic rings. The van der Waals surface area contributed by atoms with E-state index in [1.165, 1.54) is 39.8 Å². The highest BCUT2D eigenvalue weighted by Crippen LogP contribution is 2.50. The van der Waals surface area contributed by atoms with Crippen LogP contribution in [0.25, 0.3) is 116 Å². The first kappa shape index (κ1) is 39.5. The first-order valence-corrected chi connectivity index (χ1v) is 23.1. The van der Waals surface area contributed by atoms with Crippen molar-refractivity contribution >= 4 is 54.6 Å². The number of nitrogens with zero attached hydrogens (tertiary/aromatic N) is 3. The summed E-state index contributed by atoms with van der Waals surface area (Å²) in [6.07, 6.45) is 1.25. The molecule has 0 atom stereocenters. The topological polar surface area (TPSA) is 43.9 Å². The van der Waals surface area contributed by atoms with E-state index in [-0.39, 0.29) is 5.41 Å². The molecule has 0 spiro atoms. The lowest BCUT2D eigenvalue weighted by Gasteiger charge is -2.22. The Morgan fingerprint density at radius 1 is 0.439 bits per heavy atom. The Balaban J connectivity index is 0.00000148. The van der Waals surface area contributed by atoms with E-state index >= 15 is 0 Å². The number of furan rings is 1. The fraction of sp³-hybridized carbons (Fsp3) is 0.0968. The van der Waals surface area contributed by atoms with E-state index in [2.05, 4.69) is 214 Å². The summed E-state index contributed by atoms with van der Waals surface area (Å²) in [7, 11) is 0. The van der Waals surface area contributed by atoms with Crippen LogP contribution in [0.2, 0.25) is 0 Å². The number of benzene rings is 9. The number of rotatable bonds is 5. The van der Waals surface area contributed by atoms with E-state index in [4.69, 9.17) is 14.4 Å². The highest BCUT2D eigenvalue weighted by atomic mass is 16.3. The monoisotopic (exact) mass is 849 g/mol. The van der Waals surface area contributed by atoms with Gasteiger partial charge in [0.25, 0.3) is 0 Å². The van der Waals surface area contributed by atoms with Gasteiger partial charge in [-0.1, -0.05) is 198 Å². The lowest BCUT2D eigenvalue weighted by molar-refractivity contribution is 0.660. The van der Waals surface area contributed by atoms with Gasteiger partial charge in [0.05, 0.1) is 22.2 Å². The summed E-state index contributed by atoms with van der Waals surface area (Å²) in [4.78, 5) is 10.8. The van der Waals surface area contributed by atoms with Crippen molar-refractivity contribution in [2.75, 3.05) is 0 Å². The fourth-order valence-electron chi connectivity index (χ4n) is 10.4. The summed E-state index contributed by atoms with van der Waals surface area (Å²) in [6.45, 7) is 8.94. The molecule has 0 radical (unpaired) electrons. The Morgan fingerprint density at radius 2 is 1.05 bits per heavy atom. The van der Waals surface area contributed by atoms with Crippen molar-refractivity contribution < 1.29 is 4.42 Å². The molecule has 3 heterocycles. The molecule has 0 N–H and O–H groups in total. The molecule has 3 aromatic heterocycles. The van der Waals surface area contributed by atoms with Crippen LogP contribution in [0.3, 0.4) is 0 Å². The van der Waals surface area contributed by atoms with Gasteiger partial charge in [-0.05, 0) is 80.9 Å². The largest absolute Gasteiger partial charge is 0.455 e. The van der Waals surface area contributed by atoms with Crippen LogP contribution >= 0.6 is 0 Å². The van der Waals surface area contributed by atoms with Crippen LogP contribution in [0.4, 0.5) is 0 Å². The zero-order chi connectivity index (χ0) is 44.5. The molecule has 1 aliphatic rings. The van der Waals surface area contributed by atoms with E-state index < -0.39 is 0 Å². The Morgan fingerprint density at radius 3 is 1.91 bits per heavy atom. The summed E-state index contributed by atoms with van der Waals surface area (Å²) in [5.74, 6) is 0.628. The second-order valence-corrected chi connectivity index (χ2v) is 18.0. The normalized spacial score (nSPS) is 12.7. The number of hydrogen-bond donors (Lipinski definition) is 0. The van der Waals surface area contributed by atoms with Gasteiger partial charge in [0.2, 0.25) is 5.95 Å². The average molecular weight is 850 g/mol. The van der Waals surface area contributed by atoms with E-state index in [0.29, 0.717) is 5.95 Å². The summed E-state index contributed by atoms with van der Waals surface area (Å²) in [6, 6.07) is 71.8. The third kappa shape index (κ3) is 6.20. The average Bonchev–Trinajstić information content (AvgIpc) is 3.99. The molecule has 0 bridgehead atoms. The highest BCUT2D eigenvalue weighted by molar-refractivity contribution is 6.16. The first-order chi connectivity index (χ1) is 32.4. The Hall–Kier alpha value is -8.08. The molecular formula is C62H47N3O. The quantitative estimate of drug-likeness (QED) is 0.173. The molecule has 0 fully saturated rings. The minimum Gasteiger partial charge on any atom is -0.455 e. The van der Waals surface area contributed by atoms with Crippen LogP contribution in [-0.2, 0) is 5.41 Å². The van der Waals surface area contributed by atoms with Crippen molar-refractivity contribution in [3.8, 4) is 61.7 Å². The third-order valence-electron chi connectivity index (χ3n) is 13.4. The van der Waals surface area contributed by atoms with Gasteiger partial charge in [0.1, 0.15) is 11.2 Å². The second kappa shape index (κ2) is 15.6. The van der Waals surface area contributed by atoms with Crippen molar-refractivity contribution in [2.45, 2.75) is 39.5 Å². The lowest BCUT2D eigenvalue weighted by atomic mass is 9.81. The molecule has 0 saturated carbocycles. The van der Waals surface area contributed by atoms with Crippen LogP contribution < -0.4 is 0 Å². The van der Waals surface area contributed by atoms with Crippen molar-refractivity contribution in [1.29, 1.82) is 0 Å². The molecule has 66 heavy (non-hydrogen) atoms. The third-order valence-corrected chi connectivity index (χ3v) is 13.4. The molecule has 1 aliphatic carbocycles. The van der Waals surface area contributed by atoms with Crippen LogP contribution in [-0.4, -0.2) is 14.5 Å². The fourth-order valence-corrected chi connectivity index (χ4v) is 10.4. The van der Waals surface area contributed by atoms with E-state index in [1.807, 2.05) is 18.2 Å². The summed E-state index contributed by atoms with van der Waals surface area (Å²) >= 11 is 0. The van der Waals surface area contributed by atoms with Gasteiger partial charge in [-0.2, -0.15) is 0 Å². The molecule has 0 unspecified atom stereocenters. The number of hydrogen-bond acceptors (Lipinski definition) is 3. The van der Waals surface area contributed by atoms with Gasteiger partial charge in [-0.15, -0.1) is 0 Å². The van der Waals surface area contributed by atoms with Crippen LogP contribution in [0.1, 0.15) is 45.2 Å². The van der Waals surface area contributed by atoms with Gasteiger partial charge in [-0.25, -0.2) is 9.97 Å². The molecule has 316 valence electrons. The van der Waals surface area contributed by atoms with Crippen LogP contribution in [0, 0.1) is 0 Å². The van der Waals surface area contributed by atoms with Gasteiger partial charge in [0, 0.05) is 49.0 Å². The minimum absolute atomic E-state index is 0.0840. The minimum atomic E-state index is -0.0840. The number of aromatic nitrogens is 3.